The molecular formula is C18H18F2N4O2S. The van der Waals surface area contributed by atoms with Crippen LogP contribution < -0.4 is 4.90 Å². The third-order valence-electron chi connectivity index (χ3n) is 4.62. The van der Waals surface area contributed by atoms with E-state index in [1.807, 2.05) is 6.92 Å². The zero-order valence-electron chi connectivity index (χ0n) is 14.9. The summed E-state index contributed by atoms with van der Waals surface area (Å²) in [5.74, 6) is -1.76. The predicted molar refractivity (Wildman–Crippen MR) is 98.1 cm³/mol. The van der Waals surface area contributed by atoms with Gasteiger partial charge in [0.25, 0.3) is 5.91 Å². The largest absolute Gasteiger partial charge is 0.376 e. The SMILES string of the molecule is Cc1cc(C(=O)N(C[C@@H]2CCCO2)c2nc3c(F)cc(F)cc3s2)nn1C. The van der Waals surface area contributed by atoms with E-state index in [1.165, 1.54) is 11.0 Å². The number of fused-ring (bicyclic) bond motifs is 1. The van der Waals surface area contributed by atoms with Crippen LogP contribution in [0.15, 0.2) is 18.2 Å². The average Bonchev–Trinajstić information content (AvgIpc) is 3.33. The molecule has 6 nitrogen and oxygen atoms in total. The maximum absolute atomic E-state index is 14.1. The van der Waals surface area contributed by atoms with Gasteiger partial charge >= 0.3 is 0 Å². The summed E-state index contributed by atoms with van der Waals surface area (Å²) in [5.41, 5.74) is 1.17. The fourth-order valence-corrected chi connectivity index (χ4v) is 4.12. The number of thiazole rings is 1. The molecule has 3 aromatic rings. The minimum atomic E-state index is -0.745. The van der Waals surface area contributed by atoms with Crippen molar-refractivity contribution in [3.63, 3.8) is 0 Å². The molecule has 0 N–H and O–H groups in total. The Morgan fingerprint density at radius 3 is 2.89 bits per heavy atom. The maximum atomic E-state index is 14.1. The summed E-state index contributed by atoms with van der Waals surface area (Å²) in [6, 6.07) is 3.71. The van der Waals surface area contributed by atoms with E-state index in [9.17, 15) is 13.6 Å². The first-order chi connectivity index (χ1) is 12.9. The lowest BCUT2D eigenvalue weighted by molar-refractivity contribution is 0.0913. The third kappa shape index (κ3) is 3.44. The molecule has 0 spiro atoms. The Balaban J connectivity index is 1.75. The van der Waals surface area contributed by atoms with E-state index < -0.39 is 11.6 Å². The number of nitrogens with zero attached hydrogens (tertiary/aromatic N) is 4. The number of carbonyl (C=O) groups is 1. The van der Waals surface area contributed by atoms with Crippen molar-refractivity contribution < 1.29 is 18.3 Å². The van der Waals surface area contributed by atoms with Gasteiger partial charge in [0.05, 0.1) is 17.3 Å². The first-order valence-corrected chi connectivity index (χ1v) is 9.43. The quantitative estimate of drug-likeness (QED) is 0.682. The van der Waals surface area contributed by atoms with E-state index in [0.29, 0.717) is 23.0 Å². The number of rotatable bonds is 4. The molecule has 0 bridgehead atoms. The van der Waals surface area contributed by atoms with Crippen molar-refractivity contribution in [1.29, 1.82) is 0 Å². The molecule has 1 saturated heterocycles. The molecule has 1 aliphatic rings. The molecule has 1 fully saturated rings. The Bertz CT molecular complexity index is 991. The van der Waals surface area contributed by atoms with E-state index >= 15 is 0 Å². The number of amides is 1. The normalized spacial score (nSPS) is 17.0. The van der Waals surface area contributed by atoms with Crippen LogP contribution in [-0.2, 0) is 11.8 Å². The predicted octanol–water partition coefficient (Wildman–Crippen LogP) is 3.44. The highest BCUT2D eigenvalue weighted by atomic mass is 32.1. The van der Waals surface area contributed by atoms with E-state index in [1.54, 1.807) is 17.8 Å². The average molecular weight is 392 g/mol. The van der Waals surface area contributed by atoms with Crippen LogP contribution in [-0.4, -0.2) is 39.9 Å². The Hall–Kier alpha value is -2.39. The molecule has 27 heavy (non-hydrogen) atoms. The van der Waals surface area contributed by atoms with E-state index in [-0.39, 0.29) is 23.2 Å². The van der Waals surface area contributed by atoms with Crippen molar-refractivity contribution in [2.45, 2.75) is 25.9 Å². The summed E-state index contributed by atoms with van der Waals surface area (Å²) >= 11 is 1.07. The number of hydrogen-bond donors (Lipinski definition) is 0. The van der Waals surface area contributed by atoms with Crippen molar-refractivity contribution in [2.75, 3.05) is 18.1 Å². The second-order valence-corrected chi connectivity index (χ2v) is 7.59. The van der Waals surface area contributed by atoms with Crippen molar-refractivity contribution in [3.8, 4) is 0 Å². The number of halogens is 2. The fraction of sp³-hybridized carbons (Fsp3) is 0.389. The molecule has 1 atom stereocenters. The van der Waals surface area contributed by atoms with Gasteiger partial charge in [0.2, 0.25) is 0 Å². The zero-order chi connectivity index (χ0) is 19.1. The van der Waals surface area contributed by atoms with Gasteiger partial charge in [-0.15, -0.1) is 0 Å². The summed E-state index contributed by atoms with van der Waals surface area (Å²) in [6.45, 7) is 2.79. The van der Waals surface area contributed by atoms with Gasteiger partial charge in [-0.3, -0.25) is 14.4 Å². The molecule has 9 heteroatoms. The number of carbonyl (C=O) groups excluding carboxylic acids is 1. The molecule has 0 unspecified atom stereocenters. The molecule has 0 aliphatic carbocycles. The standard InChI is InChI=1S/C18H18F2N4O2S/c1-10-6-14(22-23(10)2)17(25)24(9-12-4-3-5-26-12)18-21-16-13(20)7-11(19)8-15(16)27-18/h6-8,12H,3-5,9H2,1-2H3/t12-/m0/s1. The monoisotopic (exact) mass is 392 g/mol. The van der Waals surface area contributed by atoms with Crippen LogP contribution in [0.1, 0.15) is 29.0 Å². The number of anilines is 1. The van der Waals surface area contributed by atoms with Crippen LogP contribution >= 0.6 is 11.3 Å². The lowest BCUT2D eigenvalue weighted by Gasteiger charge is -2.22. The third-order valence-corrected chi connectivity index (χ3v) is 5.65. The van der Waals surface area contributed by atoms with Gasteiger partial charge in [-0.2, -0.15) is 5.10 Å². The van der Waals surface area contributed by atoms with Crippen LogP contribution in [0.3, 0.4) is 0 Å². The number of ether oxygens (including phenoxy) is 1. The second-order valence-electron chi connectivity index (χ2n) is 6.58. The van der Waals surface area contributed by atoms with E-state index in [0.717, 1.165) is 35.9 Å². The van der Waals surface area contributed by atoms with Crippen LogP contribution in [0.2, 0.25) is 0 Å². The van der Waals surface area contributed by atoms with Crippen LogP contribution in [0.25, 0.3) is 10.2 Å². The van der Waals surface area contributed by atoms with Gasteiger partial charge in [-0.25, -0.2) is 13.8 Å². The molecule has 3 heterocycles. The van der Waals surface area contributed by atoms with Gasteiger partial charge < -0.3 is 4.74 Å². The maximum Gasteiger partial charge on any atom is 0.280 e. The van der Waals surface area contributed by atoms with Crippen molar-refractivity contribution >= 4 is 32.6 Å². The molecule has 1 aromatic carbocycles. The summed E-state index contributed by atoms with van der Waals surface area (Å²) in [7, 11) is 1.76. The summed E-state index contributed by atoms with van der Waals surface area (Å²) < 4.78 is 35.2. The van der Waals surface area contributed by atoms with E-state index in [2.05, 4.69) is 10.1 Å². The minimum absolute atomic E-state index is 0.0544. The fourth-order valence-electron chi connectivity index (χ4n) is 3.10. The molecule has 1 aliphatic heterocycles. The van der Waals surface area contributed by atoms with Crippen LogP contribution in [0, 0.1) is 18.6 Å². The zero-order valence-corrected chi connectivity index (χ0v) is 15.7. The smallest absolute Gasteiger partial charge is 0.280 e. The Labute approximate surface area is 158 Å². The van der Waals surface area contributed by atoms with Crippen LogP contribution in [0.4, 0.5) is 13.9 Å². The van der Waals surface area contributed by atoms with Gasteiger partial charge in [0.1, 0.15) is 11.3 Å². The van der Waals surface area contributed by atoms with E-state index in [4.69, 9.17) is 4.74 Å². The molecular weight excluding hydrogens is 374 g/mol. The minimum Gasteiger partial charge on any atom is -0.376 e. The Morgan fingerprint density at radius 1 is 1.41 bits per heavy atom. The first-order valence-electron chi connectivity index (χ1n) is 8.62. The first kappa shape index (κ1) is 18.0. The lowest BCUT2D eigenvalue weighted by Crippen LogP contribution is -2.37. The van der Waals surface area contributed by atoms with Gasteiger partial charge in [-0.05, 0) is 31.9 Å². The van der Waals surface area contributed by atoms with Gasteiger partial charge in [-0.1, -0.05) is 11.3 Å². The second kappa shape index (κ2) is 6.97. The highest BCUT2D eigenvalue weighted by Crippen LogP contribution is 2.32. The molecule has 0 radical (unpaired) electrons. The number of benzene rings is 1. The Kier molecular flexibility index (Phi) is 4.65. The number of aromatic nitrogens is 3. The molecule has 2 aromatic heterocycles. The Morgan fingerprint density at radius 2 is 2.22 bits per heavy atom. The van der Waals surface area contributed by atoms with Crippen molar-refractivity contribution in [1.82, 2.24) is 14.8 Å². The molecule has 142 valence electrons. The highest BCUT2D eigenvalue weighted by Gasteiger charge is 2.29. The lowest BCUT2D eigenvalue weighted by atomic mass is 10.2. The summed E-state index contributed by atoms with van der Waals surface area (Å²) in [6.07, 6.45) is 1.64. The van der Waals surface area contributed by atoms with Crippen LogP contribution in [0.5, 0.6) is 0 Å². The van der Waals surface area contributed by atoms with Gasteiger partial charge in [0, 0.05) is 25.4 Å². The highest BCUT2D eigenvalue weighted by molar-refractivity contribution is 7.22. The number of hydrogen-bond acceptors (Lipinski definition) is 5. The summed E-state index contributed by atoms with van der Waals surface area (Å²) in [4.78, 5) is 18.8. The topological polar surface area (TPSA) is 60.3 Å². The molecule has 4 rings (SSSR count). The van der Waals surface area contributed by atoms with Gasteiger partial charge in [0.15, 0.2) is 16.6 Å². The van der Waals surface area contributed by atoms with Crippen molar-refractivity contribution in [2.24, 2.45) is 7.05 Å². The summed E-state index contributed by atoms with van der Waals surface area (Å²) in [5, 5.41) is 4.55. The molecule has 0 saturated carbocycles. The van der Waals surface area contributed by atoms with Crippen molar-refractivity contribution in [3.05, 3.63) is 41.2 Å². The number of aryl methyl sites for hydroxylation is 2. The molecule has 1 amide bonds.